The molecular formula is C19H18FN3OS. The SMILES string of the molecule is Cc1cccc(-c2nnc(SC(C)C(=O)c3ccc(F)cc3)n2C)c1. The summed E-state index contributed by atoms with van der Waals surface area (Å²) in [6.45, 7) is 3.84. The van der Waals surface area contributed by atoms with Crippen molar-refractivity contribution in [2.45, 2.75) is 24.3 Å². The first kappa shape index (κ1) is 17.4. The smallest absolute Gasteiger partial charge is 0.191 e. The second kappa shape index (κ2) is 7.19. The highest BCUT2D eigenvalue weighted by Gasteiger charge is 2.20. The van der Waals surface area contributed by atoms with Crippen LogP contribution in [0, 0.1) is 12.7 Å². The fourth-order valence-electron chi connectivity index (χ4n) is 2.51. The highest BCUT2D eigenvalue weighted by molar-refractivity contribution is 8.00. The van der Waals surface area contributed by atoms with Crippen LogP contribution in [0.1, 0.15) is 22.8 Å². The van der Waals surface area contributed by atoms with Crippen molar-refractivity contribution < 1.29 is 9.18 Å². The van der Waals surface area contributed by atoms with Gasteiger partial charge in [0, 0.05) is 18.2 Å². The van der Waals surface area contributed by atoms with Crippen molar-refractivity contribution in [1.82, 2.24) is 14.8 Å². The van der Waals surface area contributed by atoms with Crippen LogP contribution in [0.25, 0.3) is 11.4 Å². The van der Waals surface area contributed by atoms with Crippen molar-refractivity contribution in [3.63, 3.8) is 0 Å². The van der Waals surface area contributed by atoms with Gasteiger partial charge in [-0.3, -0.25) is 4.79 Å². The van der Waals surface area contributed by atoms with E-state index >= 15 is 0 Å². The van der Waals surface area contributed by atoms with Gasteiger partial charge in [-0.15, -0.1) is 10.2 Å². The molecule has 0 bridgehead atoms. The number of thioether (sulfide) groups is 1. The summed E-state index contributed by atoms with van der Waals surface area (Å²) in [5.74, 6) is 0.339. The third kappa shape index (κ3) is 3.79. The molecule has 0 N–H and O–H groups in total. The summed E-state index contributed by atoms with van der Waals surface area (Å²) >= 11 is 1.34. The first-order valence-corrected chi connectivity index (χ1v) is 8.76. The normalized spacial score (nSPS) is 12.2. The van der Waals surface area contributed by atoms with Gasteiger partial charge in [-0.25, -0.2) is 4.39 Å². The number of halogens is 1. The maximum atomic E-state index is 13.0. The molecule has 0 spiro atoms. The van der Waals surface area contributed by atoms with E-state index in [1.54, 1.807) is 0 Å². The van der Waals surface area contributed by atoms with Gasteiger partial charge in [0.05, 0.1) is 5.25 Å². The summed E-state index contributed by atoms with van der Waals surface area (Å²) < 4.78 is 14.9. The highest BCUT2D eigenvalue weighted by Crippen LogP contribution is 2.27. The van der Waals surface area contributed by atoms with Crippen LogP contribution >= 0.6 is 11.8 Å². The number of ketones is 1. The van der Waals surface area contributed by atoms with E-state index in [-0.39, 0.29) is 16.9 Å². The van der Waals surface area contributed by atoms with Gasteiger partial charge >= 0.3 is 0 Å². The van der Waals surface area contributed by atoms with E-state index in [9.17, 15) is 9.18 Å². The summed E-state index contributed by atoms with van der Waals surface area (Å²) in [5.41, 5.74) is 2.62. The second-order valence-electron chi connectivity index (χ2n) is 5.87. The highest BCUT2D eigenvalue weighted by atomic mass is 32.2. The molecule has 3 rings (SSSR count). The van der Waals surface area contributed by atoms with E-state index in [4.69, 9.17) is 0 Å². The largest absolute Gasteiger partial charge is 0.305 e. The average Bonchev–Trinajstić information content (AvgIpc) is 2.95. The third-order valence-corrected chi connectivity index (χ3v) is 5.03. The van der Waals surface area contributed by atoms with Gasteiger partial charge in [0.2, 0.25) is 0 Å². The van der Waals surface area contributed by atoms with Gasteiger partial charge in [0.15, 0.2) is 16.8 Å². The van der Waals surface area contributed by atoms with Crippen LogP contribution in [0.3, 0.4) is 0 Å². The predicted octanol–water partition coefficient (Wildman–Crippen LogP) is 4.29. The van der Waals surface area contributed by atoms with Crippen molar-refractivity contribution in [2.24, 2.45) is 7.05 Å². The van der Waals surface area contributed by atoms with E-state index in [1.165, 1.54) is 36.0 Å². The fraction of sp³-hybridized carbons (Fsp3) is 0.211. The van der Waals surface area contributed by atoms with Crippen LogP contribution < -0.4 is 0 Å². The molecule has 4 nitrogen and oxygen atoms in total. The molecule has 0 saturated carbocycles. The number of nitrogens with zero attached hydrogens (tertiary/aromatic N) is 3. The van der Waals surface area contributed by atoms with Gasteiger partial charge in [0.1, 0.15) is 5.82 Å². The van der Waals surface area contributed by atoms with Gasteiger partial charge in [0.25, 0.3) is 0 Å². The lowest BCUT2D eigenvalue weighted by molar-refractivity contribution is 0.0994. The quantitative estimate of drug-likeness (QED) is 0.506. The molecule has 0 aliphatic heterocycles. The first-order chi connectivity index (χ1) is 12.0. The standard InChI is InChI=1S/C19H18FN3OS/c1-12-5-4-6-15(11-12)18-21-22-19(23(18)3)25-13(2)17(24)14-7-9-16(20)10-8-14/h4-11,13H,1-3H3. The molecule has 0 saturated heterocycles. The molecule has 128 valence electrons. The molecular weight excluding hydrogens is 337 g/mol. The lowest BCUT2D eigenvalue weighted by Crippen LogP contribution is -2.14. The summed E-state index contributed by atoms with van der Waals surface area (Å²) in [6.07, 6.45) is 0. The van der Waals surface area contributed by atoms with E-state index in [2.05, 4.69) is 10.2 Å². The number of carbonyl (C=O) groups excluding carboxylic acids is 1. The number of carbonyl (C=O) groups is 1. The van der Waals surface area contributed by atoms with E-state index in [0.717, 1.165) is 17.0 Å². The Labute approximate surface area is 150 Å². The second-order valence-corrected chi connectivity index (χ2v) is 7.17. The molecule has 1 atom stereocenters. The topological polar surface area (TPSA) is 47.8 Å². The van der Waals surface area contributed by atoms with Crippen LogP contribution in [0.15, 0.2) is 53.7 Å². The Morgan fingerprint density at radius 1 is 1.16 bits per heavy atom. The van der Waals surface area contributed by atoms with E-state index in [1.807, 2.05) is 49.7 Å². The number of rotatable bonds is 5. The van der Waals surface area contributed by atoms with Crippen LogP contribution in [0.4, 0.5) is 4.39 Å². The fourth-order valence-corrected chi connectivity index (χ4v) is 3.41. The molecule has 3 aromatic rings. The van der Waals surface area contributed by atoms with Gasteiger partial charge in [-0.1, -0.05) is 35.5 Å². The summed E-state index contributed by atoms with van der Waals surface area (Å²) in [4.78, 5) is 12.5. The monoisotopic (exact) mass is 355 g/mol. The van der Waals surface area contributed by atoms with Crippen molar-refractivity contribution in [3.8, 4) is 11.4 Å². The maximum absolute atomic E-state index is 13.0. The Kier molecular flexibility index (Phi) is 4.99. The van der Waals surface area contributed by atoms with Gasteiger partial charge in [-0.05, 0) is 44.2 Å². The lowest BCUT2D eigenvalue weighted by atomic mass is 10.1. The van der Waals surface area contributed by atoms with Crippen LogP contribution in [-0.2, 0) is 7.05 Å². The van der Waals surface area contributed by atoms with Crippen molar-refractivity contribution in [3.05, 3.63) is 65.5 Å². The Hall–Kier alpha value is -2.47. The minimum absolute atomic E-state index is 0.0647. The minimum Gasteiger partial charge on any atom is -0.305 e. The van der Waals surface area contributed by atoms with Crippen molar-refractivity contribution >= 4 is 17.5 Å². The Bertz CT molecular complexity index is 905. The number of hydrogen-bond acceptors (Lipinski definition) is 4. The zero-order valence-corrected chi connectivity index (χ0v) is 15.0. The zero-order chi connectivity index (χ0) is 18.0. The number of aromatic nitrogens is 3. The molecule has 25 heavy (non-hydrogen) atoms. The molecule has 0 aliphatic carbocycles. The zero-order valence-electron chi connectivity index (χ0n) is 14.2. The summed E-state index contributed by atoms with van der Waals surface area (Å²) in [7, 11) is 1.88. The van der Waals surface area contributed by atoms with Crippen LogP contribution in [0.5, 0.6) is 0 Å². The third-order valence-electron chi connectivity index (χ3n) is 3.89. The van der Waals surface area contributed by atoms with Crippen LogP contribution in [0.2, 0.25) is 0 Å². The van der Waals surface area contributed by atoms with E-state index < -0.39 is 0 Å². The molecule has 0 radical (unpaired) electrons. The molecule has 0 amide bonds. The summed E-state index contributed by atoms with van der Waals surface area (Å²) in [5, 5.41) is 8.79. The maximum Gasteiger partial charge on any atom is 0.191 e. The first-order valence-electron chi connectivity index (χ1n) is 7.88. The molecule has 1 aromatic heterocycles. The molecule has 1 unspecified atom stereocenters. The Balaban J connectivity index is 1.79. The van der Waals surface area contributed by atoms with Gasteiger partial charge in [-0.2, -0.15) is 0 Å². The molecule has 0 fully saturated rings. The van der Waals surface area contributed by atoms with Crippen molar-refractivity contribution in [2.75, 3.05) is 0 Å². The molecule has 2 aromatic carbocycles. The van der Waals surface area contributed by atoms with Crippen molar-refractivity contribution in [1.29, 1.82) is 0 Å². The van der Waals surface area contributed by atoms with Crippen LogP contribution in [-0.4, -0.2) is 25.8 Å². The predicted molar refractivity (Wildman–Crippen MR) is 97.2 cm³/mol. The molecule has 0 aliphatic rings. The Morgan fingerprint density at radius 2 is 1.88 bits per heavy atom. The number of hydrogen-bond donors (Lipinski definition) is 0. The van der Waals surface area contributed by atoms with Gasteiger partial charge < -0.3 is 4.57 Å². The number of benzene rings is 2. The Morgan fingerprint density at radius 3 is 2.56 bits per heavy atom. The average molecular weight is 355 g/mol. The van der Waals surface area contributed by atoms with E-state index in [0.29, 0.717) is 10.7 Å². The minimum atomic E-state index is -0.354. The molecule has 6 heteroatoms. The summed E-state index contributed by atoms with van der Waals surface area (Å²) in [6, 6.07) is 13.6. The number of aryl methyl sites for hydroxylation is 1. The number of Topliss-reactive ketones (excluding diaryl/α,β-unsaturated/α-hetero) is 1. The molecule has 1 heterocycles. The lowest BCUT2D eigenvalue weighted by Gasteiger charge is -2.10.